The molecule has 1 atom stereocenters. The van der Waals surface area contributed by atoms with Gasteiger partial charge in [0.15, 0.2) is 0 Å². The third-order valence-electron chi connectivity index (χ3n) is 7.33. The molecule has 0 aromatic heterocycles. The van der Waals surface area contributed by atoms with E-state index in [0.717, 1.165) is 15.4 Å². The Kier molecular flexibility index (Phi) is 11.2. The summed E-state index contributed by atoms with van der Waals surface area (Å²) < 4.78 is 29.6. The monoisotopic (exact) mass is 679 g/mol. The molecule has 0 unspecified atom stereocenters. The Morgan fingerprint density at radius 1 is 0.804 bits per heavy atom. The van der Waals surface area contributed by atoms with Crippen LogP contribution >= 0.6 is 23.2 Å². The maximum absolute atomic E-state index is 14.6. The highest BCUT2D eigenvalue weighted by atomic mass is 35.5. The molecule has 4 aromatic rings. The van der Waals surface area contributed by atoms with E-state index in [1.165, 1.54) is 17.0 Å². The lowest BCUT2D eigenvalue weighted by Gasteiger charge is -2.35. The van der Waals surface area contributed by atoms with E-state index >= 15 is 0 Å². The van der Waals surface area contributed by atoms with Crippen molar-refractivity contribution < 1.29 is 18.0 Å². The van der Waals surface area contributed by atoms with Crippen molar-refractivity contribution in [3.8, 4) is 0 Å². The first-order valence-corrected chi connectivity index (χ1v) is 17.1. The number of aryl methyl sites for hydroxylation is 2. The molecule has 0 saturated heterocycles. The number of carbonyl (C=O) groups excluding carboxylic acids is 2. The zero-order valence-electron chi connectivity index (χ0n) is 26.6. The van der Waals surface area contributed by atoms with Gasteiger partial charge in [-0.15, -0.1) is 0 Å². The number of hydrogen-bond acceptors (Lipinski definition) is 4. The fourth-order valence-corrected chi connectivity index (χ4v) is 7.01. The first kappa shape index (κ1) is 35.0. The molecule has 46 heavy (non-hydrogen) atoms. The van der Waals surface area contributed by atoms with Crippen molar-refractivity contribution in [1.29, 1.82) is 0 Å². The maximum atomic E-state index is 14.6. The Labute approximate surface area is 282 Å². The summed E-state index contributed by atoms with van der Waals surface area (Å²) in [7, 11) is -4.23. The molecule has 2 amide bonds. The van der Waals surface area contributed by atoms with Gasteiger partial charge in [0.05, 0.1) is 10.6 Å². The van der Waals surface area contributed by atoms with Gasteiger partial charge in [-0.05, 0) is 93.8 Å². The number of nitrogens with zero attached hydrogens (tertiary/aromatic N) is 2. The predicted molar refractivity (Wildman–Crippen MR) is 186 cm³/mol. The number of anilines is 1. The number of rotatable bonds is 11. The maximum Gasteiger partial charge on any atom is 0.264 e. The lowest BCUT2D eigenvalue weighted by molar-refractivity contribution is -0.140. The van der Waals surface area contributed by atoms with E-state index in [2.05, 4.69) is 5.32 Å². The normalized spacial score (nSPS) is 12.3. The first-order chi connectivity index (χ1) is 21.6. The van der Waals surface area contributed by atoms with Crippen molar-refractivity contribution in [2.75, 3.05) is 10.8 Å². The molecule has 0 fully saturated rings. The molecular formula is C36H39Cl2N3O4S. The van der Waals surface area contributed by atoms with Gasteiger partial charge in [0, 0.05) is 28.5 Å². The quantitative estimate of drug-likeness (QED) is 0.179. The molecule has 4 rings (SSSR count). The number of nitrogens with one attached hydrogen (secondary N) is 1. The van der Waals surface area contributed by atoms with Gasteiger partial charge in [0.2, 0.25) is 11.8 Å². The minimum absolute atomic E-state index is 0.0203. The van der Waals surface area contributed by atoms with Gasteiger partial charge >= 0.3 is 0 Å². The van der Waals surface area contributed by atoms with E-state index in [1.807, 2.05) is 64.1 Å². The van der Waals surface area contributed by atoms with Gasteiger partial charge in [-0.3, -0.25) is 13.9 Å². The smallest absolute Gasteiger partial charge is 0.264 e. The Bertz CT molecular complexity index is 1790. The van der Waals surface area contributed by atoms with E-state index in [1.54, 1.807) is 55.5 Å². The van der Waals surface area contributed by atoms with Crippen molar-refractivity contribution in [2.24, 2.45) is 0 Å². The fourth-order valence-electron chi connectivity index (χ4n) is 5.09. The van der Waals surface area contributed by atoms with Gasteiger partial charge in [-0.1, -0.05) is 83.4 Å². The molecule has 7 nitrogen and oxygen atoms in total. The van der Waals surface area contributed by atoms with Gasteiger partial charge < -0.3 is 10.2 Å². The summed E-state index contributed by atoms with van der Waals surface area (Å²) in [6.07, 6.45) is 0.208. The van der Waals surface area contributed by atoms with Gasteiger partial charge in [0.1, 0.15) is 12.6 Å². The highest BCUT2D eigenvalue weighted by Crippen LogP contribution is 2.30. The van der Waals surface area contributed by atoms with Crippen molar-refractivity contribution in [1.82, 2.24) is 10.2 Å². The van der Waals surface area contributed by atoms with Gasteiger partial charge in [-0.2, -0.15) is 0 Å². The van der Waals surface area contributed by atoms with Crippen molar-refractivity contribution in [3.63, 3.8) is 0 Å². The Balaban J connectivity index is 1.84. The minimum atomic E-state index is -4.23. The van der Waals surface area contributed by atoms with Crippen LogP contribution in [0.3, 0.4) is 0 Å². The molecule has 4 aromatic carbocycles. The summed E-state index contributed by atoms with van der Waals surface area (Å²) >= 11 is 12.6. The second-order valence-corrected chi connectivity index (χ2v) is 15.1. The Hall–Kier alpha value is -3.85. The van der Waals surface area contributed by atoms with Crippen LogP contribution in [0.15, 0.2) is 102 Å². The predicted octanol–water partition coefficient (Wildman–Crippen LogP) is 7.36. The van der Waals surface area contributed by atoms with Crippen LogP contribution in [0.5, 0.6) is 0 Å². The van der Waals surface area contributed by atoms with Crippen LogP contribution in [-0.4, -0.2) is 43.3 Å². The van der Waals surface area contributed by atoms with Crippen LogP contribution in [0.2, 0.25) is 10.0 Å². The summed E-state index contributed by atoms with van der Waals surface area (Å²) in [5, 5.41) is 3.94. The number of carbonyl (C=O) groups is 2. The molecular weight excluding hydrogens is 641 g/mol. The number of amides is 2. The lowest BCUT2D eigenvalue weighted by atomic mass is 10.0. The van der Waals surface area contributed by atoms with Gasteiger partial charge in [0.25, 0.3) is 10.0 Å². The molecule has 0 aliphatic rings. The average molecular weight is 681 g/mol. The molecule has 10 heteroatoms. The van der Waals surface area contributed by atoms with Crippen LogP contribution in [-0.2, 0) is 32.6 Å². The van der Waals surface area contributed by atoms with Crippen molar-refractivity contribution in [3.05, 3.63) is 129 Å². The lowest BCUT2D eigenvalue weighted by Crippen LogP contribution is -2.56. The fraction of sp³-hybridized carbons (Fsp3) is 0.278. The number of hydrogen-bond donors (Lipinski definition) is 1. The number of benzene rings is 4. The van der Waals surface area contributed by atoms with Gasteiger partial charge in [-0.25, -0.2) is 8.42 Å². The molecule has 0 saturated carbocycles. The van der Waals surface area contributed by atoms with E-state index in [9.17, 15) is 18.0 Å². The number of halogens is 2. The third-order valence-corrected chi connectivity index (χ3v) is 9.57. The standard InChI is InChI=1S/C36H39Cl2N3O4S/c1-25-14-17-31(18-15-25)46(44,45)41(32-19-16-30(38)20-26(32)2)24-34(42)40(23-28-12-9-13-29(37)21-28)33(35(43)39-36(3,4)5)22-27-10-7-6-8-11-27/h6-21,33H,22-24H2,1-5H3,(H,39,43)/t33-/m1/s1. The molecule has 0 spiro atoms. The largest absolute Gasteiger partial charge is 0.350 e. The molecule has 0 aliphatic carbocycles. The Morgan fingerprint density at radius 3 is 2.04 bits per heavy atom. The first-order valence-electron chi connectivity index (χ1n) is 14.9. The van der Waals surface area contributed by atoms with E-state index in [4.69, 9.17) is 23.2 Å². The zero-order chi connectivity index (χ0) is 33.6. The highest BCUT2D eigenvalue weighted by Gasteiger charge is 2.36. The second-order valence-electron chi connectivity index (χ2n) is 12.4. The van der Waals surface area contributed by atoms with Crippen LogP contribution in [0.4, 0.5) is 5.69 Å². The molecule has 0 radical (unpaired) electrons. The molecule has 1 N–H and O–H groups in total. The van der Waals surface area contributed by atoms with Crippen LogP contribution < -0.4 is 9.62 Å². The van der Waals surface area contributed by atoms with Crippen LogP contribution in [0.1, 0.15) is 43.0 Å². The third kappa shape index (κ3) is 9.12. The minimum Gasteiger partial charge on any atom is -0.350 e. The Morgan fingerprint density at radius 2 is 1.43 bits per heavy atom. The second kappa shape index (κ2) is 14.7. The summed E-state index contributed by atoms with van der Waals surface area (Å²) in [5.41, 5.74) is 2.73. The highest BCUT2D eigenvalue weighted by molar-refractivity contribution is 7.92. The summed E-state index contributed by atoms with van der Waals surface area (Å²) in [6, 6.07) is 26.8. The van der Waals surface area contributed by atoms with Crippen molar-refractivity contribution >= 4 is 50.7 Å². The van der Waals surface area contributed by atoms with E-state index in [0.29, 0.717) is 26.9 Å². The van der Waals surface area contributed by atoms with E-state index < -0.39 is 34.1 Å². The molecule has 0 aliphatic heterocycles. The van der Waals surface area contributed by atoms with E-state index in [-0.39, 0.29) is 23.8 Å². The summed E-state index contributed by atoms with van der Waals surface area (Å²) in [5.74, 6) is -0.919. The van der Waals surface area contributed by atoms with Crippen molar-refractivity contribution in [2.45, 2.75) is 64.1 Å². The molecule has 0 bridgehead atoms. The number of sulfonamides is 1. The van der Waals surface area contributed by atoms with Crippen LogP contribution in [0.25, 0.3) is 0 Å². The average Bonchev–Trinajstić information content (AvgIpc) is 2.98. The summed E-state index contributed by atoms with van der Waals surface area (Å²) in [6.45, 7) is 8.67. The molecule has 0 heterocycles. The molecule has 242 valence electrons. The SMILES string of the molecule is Cc1ccc(S(=O)(=O)N(CC(=O)N(Cc2cccc(Cl)c2)[C@H](Cc2ccccc2)C(=O)NC(C)(C)C)c2ccc(Cl)cc2C)cc1. The van der Waals surface area contributed by atoms with Crippen LogP contribution in [0, 0.1) is 13.8 Å². The zero-order valence-corrected chi connectivity index (χ0v) is 29.0. The topological polar surface area (TPSA) is 86.8 Å². The summed E-state index contributed by atoms with van der Waals surface area (Å²) in [4.78, 5) is 30.1.